The van der Waals surface area contributed by atoms with Gasteiger partial charge in [-0.15, -0.1) is 0 Å². The highest BCUT2D eigenvalue weighted by molar-refractivity contribution is 6.30. The van der Waals surface area contributed by atoms with E-state index in [1.165, 1.54) is 31.7 Å². The highest BCUT2D eigenvalue weighted by Crippen LogP contribution is 2.48. The minimum atomic E-state index is -0.211. The molecule has 2 fully saturated rings. The normalized spacial score (nSPS) is 30.8. The van der Waals surface area contributed by atoms with Crippen molar-refractivity contribution in [2.45, 2.75) is 25.7 Å². The number of halogens is 2. The van der Waals surface area contributed by atoms with E-state index in [0.29, 0.717) is 10.7 Å². The van der Waals surface area contributed by atoms with Gasteiger partial charge in [0.15, 0.2) is 0 Å². The summed E-state index contributed by atoms with van der Waals surface area (Å²) in [5, 5.41) is 3.81. The maximum atomic E-state index is 13.5. The lowest BCUT2D eigenvalue weighted by Gasteiger charge is -2.22. The topological polar surface area (TPSA) is 12.0 Å². The van der Waals surface area contributed by atoms with Crippen molar-refractivity contribution in [3.8, 4) is 0 Å². The Morgan fingerprint density at radius 3 is 2.88 bits per heavy atom. The van der Waals surface area contributed by atoms with Crippen LogP contribution in [-0.4, -0.2) is 6.54 Å². The molecule has 0 saturated heterocycles. The van der Waals surface area contributed by atoms with Crippen molar-refractivity contribution >= 4 is 17.3 Å². The fourth-order valence-corrected chi connectivity index (χ4v) is 3.67. The van der Waals surface area contributed by atoms with Crippen LogP contribution < -0.4 is 5.32 Å². The number of rotatable bonds is 3. The van der Waals surface area contributed by atoms with Crippen LogP contribution in [0.2, 0.25) is 5.02 Å². The lowest BCUT2D eigenvalue weighted by molar-refractivity contribution is 0.348. The van der Waals surface area contributed by atoms with E-state index in [-0.39, 0.29) is 5.82 Å². The molecule has 2 aliphatic rings. The number of benzene rings is 1. The van der Waals surface area contributed by atoms with E-state index in [0.717, 1.165) is 24.3 Å². The first-order valence-electron chi connectivity index (χ1n) is 6.41. The fourth-order valence-electron chi connectivity index (χ4n) is 3.50. The third-order valence-electron chi connectivity index (χ3n) is 4.37. The average molecular weight is 254 g/mol. The quantitative estimate of drug-likeness (QED) is 0.846. The van der Waals surface area contributed by atoms with Crippen molar-refractivity contribution < 1.29 is 4.39 Å². The molecule has 3 atom stereocenters. The number of hydrogen-bond donors (Lipinski definition) is 1. The number of hydrogen-bond acceptors (Lipinski definition) is 1. The number of fused-ring (bicyclic) bond motifs is 2. The van der Waals surface area contributed by atoms with Gasteiger partial charge in [0.25, 0.3) is 0 Å². The molecule has 0 aliphatic heterocycles. The second-order valence-corrected chi connectivity index (χ2v) is 5.88. The van der Waals surface area contributed by atoms with E-state index in [4.69, 9.17) is 11.6 Å². The van der Waals surface area contributed by atoms with Crippen LogP contribution in [-0.2, 0) is 0 Å². The van der Waals surface area contributed by atoms with Gasteiger partial charge in [-0.1, -0.05) is 18.0 Å². The van der Waals surface area contributed by atoms with E-state index in [2.05, 4.69) is 5.32 Å². The Kier molecular flexibility index (Phi) is 2.99. The van der Waals surface area contributed by atoms with Crippen LogP contribution in [0.3, 0.4) is 0 Å². The molecule has 2 bridgehead atoms. The lowest BCUT2D eigenvalue weighted by atomic mass is 9.89. The minimum Gasteiger partial charge on any atom is -0.382 e. The molecule has 17 heavy (non-hydrogen) atoms. The van der Waals surface area contributed by atoms with Gasteiger partial charge < -0.3 is 5.32 Å². The minimum absolute atomic E-state index is 0.211. The van der Waals surface area contributed by atoms with Gasteiger partial charge in [0, 0.05) is 11.6 Å². The molecule has 3 heteroatoms. The predicted octanol–water partition coefficient (Wildman–Crippen LogP) is 4.33. The molecule has 0 aromatic heterocycles. The highest BCUT2D eigenvalue weighted by Gasteiger charge is 2.39. The van der Waals surface area contributed by atoms with Crippen molar-refractivity contribution in [1.82, 2.24) is 0 Å². The molecule has 3 unspecified atom stereocenters. The molecule has 0 spiro atoms. The summed E-state index contributed by atoms with van der Waals surface area (Å²) in [6, 6.07) is 4.68. The Bertz CT molecular complexity index is 421. The van der Waals surface area contributed by atoms with Crippen LogP contribution in [0.1, 0.15) is 25.7 Å². The Morgan fingerprint density at radius 2 is 2.18 bits per heavy atom. The summed E-state index contributed by atoms with van der Waals surface area (Å²) < 4.78 is 13.5. The number of anilines is 1. The van der Waals surface area contributed by atoms with Gasteiger partial charge in [-0.2, -0.15) is 0 Å². The van der Waals surface area contributed by atoms with Crippen LogP contribution in [0.5, 0.6) is 0 Å². The summed E-state index contributed by atoms with van der Waals surface area (Å²) in [4.78, 5) is 0. The van der Waals surface area contributed by atoms with Crippen molar-refractivity contribution in [2.75, 3.05) is 11.9 Å². The first-order valence-corrected chi connectivity index (χ1v) is 6.79. The largest absolute Gasteiger partial charge is 0.382 e. The Balaban J connectivity index is 1.62. The average Bonchev–Trinajstić information content (AvgIpc) is 2.92. The molecule has 2 aliphatic carbocycles. The molecule has 0 heterocycles. The molecule has 0 amide bonds. The third-order valence-corrected chi connectivity index (χ3v) is 4.60. The monoisotopic (exact) mass is 253 g/mol. The summed E-state index contributed by atoms with van der Waals surface area (Å²) in [5.41, 5.74) is 0.542. The van der Waals surface area contributed by atoms with Crippen LogP contribution in [0.15, 0.2) is 18.2 Å². The van der Waals surface area contributed by atoms with Gasteiger partial charge in [0.1, 0.15) is 5.82 Å². The first kappa shape index (κ1) is 11.3. The smallest absolute Gasteiger partial charge is 0.146 e. The summed E-state index contributed by atoms with van der Waals surface area (Å²) in [6.07, 6.45) is 5.49. The SMILES string of the molecule is Fc1ccc(Cl)cc1NCC1CC2CCC1C2. The van der Waals surface area contributed by atoms with Crippen LogP contribution in [0.4, 0.5) is 10.1 Å². The zero-order valence-corrected chi connectivity index (χ0v) is 10.5. The van der Waals surface area contributed by atoms with Crippen LogP contribution >= 0.6 is 11.6 Å². The van der Waals surface area contributed by atoms with Gasteiger partial charge in [-0.3, -0.25) is 0 Å². The van der Waals surface area contributed by atoms with Crippen molar-refractivity contribution in [1.29, 1.82) is 0 Å². The van der Waals surface area contributed by atoms with Crippen LogP contribution in [0, 0.1) is 23.6 Å². The van der Waals surface area contributed by atoms with Gasteiger partial charge >= 0.3 is 0 Å². The van der Waals surface area contributed by atoms with E-state index in [1.807, 2.05) is 0 Å². The summed E-state index contributed by atoms with van der Waals surface area (Å²) in [7, 11) is 0. The van der Waals surface area contributed by atoms with E-state index in [9.17, 15) is 4.39 Å². The summed E-state index contributed by atoms with van der Waals surface area (Å²) in [6.45, 7) is 0.887. The highest BCUT2D eigenvalue weighted by atomic mass is 35.5. The van der Waals surface area contributed by atoms with Crippen molar-refractivity contribution in [3.05, 3.63) is 29.0 Å². The molecule has 0 radical (unpaired) electrons. The summed E-state index contributed by atoms with van der Waals surface area (Å²) >= 11 is 5.87. The molecule has 2 saturated carbocycles. The van der Waals surface area contributed by atoms with E-state index < -0.39 is 0 Å². The van der Waals surface area contributed by atoms with E-state index in [1.54, 1.807) is 12.1 Å². The Hall–Kier alpha value is -0.760. The summed E-state index contributed by atoms with van der Waals surface area (Å²) in [5.74, 6) is 2.33. The maximum Gasteiger partial charge on any atom is 0.146 e. The van der Waals surface area contributed by atoms with Crippen molar-refractivity contribution in [3.63, 3.8) is 0 Å². The number of nitrogens with one attached hydrogen (secondary N) is 1. The Morgan fingerprint density at radius 1 is 1.29 bits per heavy atom. The molecular weight excluding hydrogens is 237 g/mol. The lowest BCUT2D eigenvalue weighted by Crippen LogP contribution is -2.20. The molecule has 1 nitrogen and oxygen atoms in total. The molecule has 1 N–H and O–H groups in total. The fraction of sp³-hybridized carbons (Fsp3) is 0.571. The molecular formula is C14H17ClFN. The van der Waals surface area contributed by atoms with Gasteiger partial charge in [0.05, 0.1) is 5.69 Å². The molecule has 92 valence electrons. The second-order valence-electron chi connectivity index (χ2n) is 5.44. The van der Waals surface area contributed by atoms with Gasteiger partial charge in [-0.25, -0.2) is 4.39 Å². The van der Waals surface area contributed by atoms with Gasteiger partial charge in [0.2, 0.25) is 0 Å². The van der Waals surface area contributed by atoms with Crippen molar-refractivity contribution in [2.24, 2.45) is 17.8 Å². The van der Waals surface area contributed by atoms with Crippen LogP contribution in [0.25, 0.3) is 0 Å². The second kappa shape index (κ2) is 4.49. The first-order chi connectivity index (χ1) is 8.22. The standard InChI is InChI=1S/C14H17ClFN/c15-12-3-4-13(16)14(7-12)17-8-11-6-9-1-2-10(11)5-9/h3-4,7,9-11,17H,1-2,5-6,8H2. The van der Waals surface area contributed by atoms with Gasteiger partial charge in [-0.05, 0) is 55.2 Å². The third kappa shape index (κ3) is 2.28. The maximum absolute atomic E-state index is 13.5. The molecule has 1 aromatic rings. The van der Waals surface area contributed by atoms with E-state index >= 15 is 0 Å². The zero-order valence-electron chi connectivity index (χ0n) is 9.76. The predicted molar refractivity (Wildman–Crippen MR) is 68.8 cm³/mol. The molecule has 1 aromatic carbocycles. The Labute approximate surface area is 106 Å². The zero-order chi connectivity index (χ0) is 11.8. The molecule has 3 rings (SSSR count).